The summed E-state index contributed by atoms with van der Waals surface area (Å²) in [7, 11) is 0. The van der Waals surface area contributed by atoms with E-state index in [0.717, 1.165) is 0 Å². The fourth-order valence-electron chi connectivity index (χ4n) is 15.8. The van der Waals surface area contributed by atoms with Crippen molar-refractivity contribution in [1.82, 2.24) is 0 Å². The first-order valence-electron chi connectivity index (χ1n) is 34.7. The molecule has 0 bridgehead atoms. The van der Waals surface area contributed by atoms with Gasteiger partial charge in [-0.1, -0.05) is 334 Å². The summed E-state index contributed by atoms with van der Waals surface area (Å²) in [5, 5.41) is 25.2. The van der Waals surface area contributed by atoms with Crippen LogP contribution in [0.3, 0.4) is 0 Å². The van der Waals surface area contributed by atoms with Gasteiger partial charge in [0.25, 0.3) is 0 Å². The summed E-state index contributed by atoms with van der Waals surface area (Å²) < 4.78 is 0. The monoisotopic (exact) mass is 1260 g/mol. The summed E-state index contributed by atoms with van der Waals surface area (Å²) in [4.78, 5) is 0. The molecule has 0 aliphatic heterocycles. The summed E-state index contributed by atoms with van der Waals surface area (Å²) in [5.41, 5.74) is 19.8. The average molecular weight is 1270 g/mol. The number of hydrogen-bond acceptors (Lipinski definition) is 0. The Hall–Kier alpha value is -13.0. The molecule has 0 atom stereocenters. The lowest BCUT2D eigenvalue weighted by molar-refractivity contribution is 1.61. The Morgan fingerprint density at radius 2 is 0.280 bits per heavy atom. The Morgan fingerprint density at radius 1 is 0.0900 bits per heavy atom. The molecule has 0 heteroatoms. The molecular formula is C100H64. The first-order valence-corrected chi connectivity index (χ1v) is 34.7. The second kappa shape index (κ2) is 24.6. The van der Waals surface area contributed by atoms with Gasteiger partial charge in [0, 0.05) is 0 Å². The molecule has 0 aliphatic carbocycles. The maximum absolute atomic E-state index is 2.43. The second-order valence-electron chi connectivity index (χ2n) is 26.6. The molecule has 20 aromatic carbocycles. The van der Waals surface area contributed by atoms with Gasteiger partial charge in [0.15, 0.2) is 0 Å². The van der Waals surface area contributed by atoms with E-state index in [1.54, 1.807) is 0 Å². The van der Waals surface area contributed by atoms with Crippen LogP contribution in [0.1, 0.15) is 0 Å². The first kappa shape index (κ1) is 58.4. The van der Waals surface area contributed by atoms with E-state index in [-0.39, 0.29) is 0 Å². The Labute approximate surface area is 581 Å². The number of rotatable bonds is 8. The summed E-state index contributed by atoms with van der Waals surface area (Å²) in [6.45, 7) is 0. The minimum Gasteiger partial charge on any atom is -0.0616 e. The average Bonchev–Trinajstić information content (AvgIpc) is 0.732. The molecule has 0 N–H and O–H groups in total. The molecule has 0 spiro atoms. The van der Waals surface area contributed by atoms with Crippen molar-refractivity contribution in [3.8, 4) is 89.0 Å². The Balaban J connectivity index is 0.000000139. The third kappa shape index (κ3) is 10.5. The molecule has 0 heterocycles. The van der Waals surface area contributed by atoms with Crippen molar-refractivity contribution in [3.63, 3.8) is 0 Å². The van der Waals surface area contributed by atoms with Crippen molar-refractivity contribution in [3.05, 3.63) is 388 Å². The molecule has 0 amide bonds. The van der Waals surface area contributed by atoms with Crippen LogP contribution in [0.5, 0.6) is 0 Å². The molecule has 0 radical (unpaired) electrons. The SMILES string of the molecule is c1cc(-c2ccc3ccccc3c2)cc(-c2ccc3c(-c4ccc5ccccc5c4)c4ccccc4c(-c4ccc5ccccc5c4)c3c2)c1.c1ccc2cc(-c3ccc(-c4ccc5c(-c6ccc7ccccc7c6)c6ccccc6c(-c6ccc7ccccc7c6)c5c4)cc3)ccc2c1. The molecule has 0 saturated carbocycles. The largest absolute Gasteiger partial charge is 0.0616 e. The second-order valence-corrected chi connectivity index (χ2v) is 26.6. The zero-order chi connectivity index (χ0) is 66.0. The molecule has 0 unspecified atom stereocenters. The summed E-state index contributed by atoms with van der Waals surface area (Å²) in [6, 6.07) is 143. The van der Waals surface area contributed by atoms with Crippen molar-refractivity contribution in [2.24, 2.45) is 0 Å². The van der Waals surface area contributed by atoms with Crippen LogP contribution in [0, 0.1) is 0 Å². The van der Waals surface area contributed by atoms with Gasteiger partial charge >= 0.3 is 0 Å². The quantitative estimate of drug-likeness (QED) is 0.133. The molecule has 464 valence electrons. The smallest absolute Gasteiger partial charge is 0.00259 e. The lowest BCUT2D eigenvalue weighted by atomic mass is 9.84. The van der Waals surface area contributed by atoms with E-state index in [1.165, 1.54) is 197 Å². The highest BCUT2D eigenvalue weighted by molar-refractivity contribution is 6.24. The van der Waals surface area contributed by atoms with Crippen LogP contribution in [0.25, 0.3) is 197 Å². The van der Waals surface area contributed by atoms with E-state index < -0.39 is 0 Å². The van der Waals surface area contributed by atoms with E-state index in [0.29, 0.717) is 0 Å². The van der Waals surface area contributed by atoms with Crippen molar-refractivity contribution in [2.75, 3.05) is 0 Å². The van der Waals surface area contributed by atoms with Crippen LogP contribution in [0.4, 0.5) is 0 Å². The maximum Gasteiger partial charge on any atom is -0.00259 e. The van der Waals surface area contributed by atoms with Crippen molar-refractivity contribution in [2.45, 2.75) is 0 Å². The lowest BCUT2D eigenvalue weighted by Crippen LogP contribution is -1.92. The van der Waals surface area contributed by atoms with Crippen molar-refractivity contribution < 1.29 is 0 Å². The zero-order valence-electron chi connectivity index (χ0n) is 55.0. The molecule has 0 aliphatic rings. The minimum atomic E-state index is 1.21. The summed E-state index contributed by atoms with van der Waals surface area (Å²) in [5.74, 6) is 0. The van der Waals surface area contributed by atoms with Gasteiger partial charge in [0.1, 0.15) is 0 Å². The Kier molecular flexibility index (Phi) is 14.3. The van der Waals surface area contributed by atoms with Crippen LogP contribution in [-0.2, 0) is 0 Å². The van der Waals surface area contributed by atoms with E-state index >= 15 is 0 Å². The van der Waals surface area contributed by atoms with Crippen LogP contribution in [0.15, 0.2) is 388 Å². The van der Waals surface area contributed by atoms with Crippen LogP contribution < -0.4 is 0 Å². The van der Waals surface area contributed by atoms with Gasteiger partial charge < -0.3 is 0 Å². The van der Waals surface area contributed by atoms with Gasteiger partial charge in [0.2, 0.25) is 0 Å². The Bertz CT molecular complexity index is 6650. The fourth-order valence-corrected chi connectivity index (χ4v) is 15.8. The fraction of sp³-hybridized carbons (Fsp3) is 0. The van der Waals surface area contributed by atoms with Gasteiger partial charge in [-0.15, -0.1) is 0 Å². The molecule has 0 nitrogen and oxygen atoms in total. The van der Waals surface area contributed by atoms with E-state index in [9.17, 15) is 0 Å². The van der Waals surface area contributed by atoms with E-state index in [2.05, 4.69) is 388 Å². The van der Waals surface area contributed by atoms with Crippen LogP contribution in [-0.4, -0.2) is 0 Å². The maximum atomic E-state index is 2.43. The van der Waals surface area contributed by atoms with Gasteiger partial charge in [-0.2, -0.15) is 0 Å². The highest BCUT2D eigenvalue weighted by atomic mass is 14.2. The number of benzene rings is 20. The standard InChI is InChI=1S/2C50H32/c1-4-13-36-28-41(23-20-33(36)10-1)39-16-9-17-40(29-39)42-26-27-47-48(32-42)50(44-25-22-35-12-3-6-15-38(35)31-44)46-19-8-7-18-45(46)49(47)43-24-21-34-11-2-5-14-37(34)30-43;1-4-12-38-29-41(24-21-33(38)9-1)36-17-19-37(20-18-36)42-27-28-47-48(32-42)50(44-26-23-35-11-3-6-14-40(35)31-44)46-16-8-7-15-45(46)49(47)43-25-22-34-10-2-5-13-39(34)30-43/h2*1-32H. The van der Waals surface area contributed by atoms with E-state index in [1.807, 2.05) is 0 Å². The third-order valence-electron chi connectivity index (χ3n) is 20.8. The minimum absolute atomic E-state index is 1.21. The topological polar surface area (TPSA) is 0 Å². The number of hydrogen-bond donors (Lipinski definition) is 0. The van der Waals surface area contributed by atoms with Crippen molar-refractivity contribution >= 4 is 108 Å². The predicted octanol–water partition coefficient (Wildman–Crippen LogP) is 28.2. The van der Waals surface area contributed by atoms with Crippen LogP contribution >= 0.6 is 0 Å². The summed E-state index contributed by atoms with van der Waals surface area (Å²) >= 11 is 0. The third-order valence-corrected chi connectivity index (χ3v) is 20.8. The lowest BCUT2D eigenvalue weighted by Gasteiger charge is -2.19. The zero-order valence-corrected chi connectivity index (χ0v) is 55.0. The number of fused-ring (bicyclic) bond motifs is 10. The Morgan fingerprint density at radius 3 is 0.590 bits per heavy atom. The molecule has 20 aromatic rings. The van der Waals surface area contributed by atoms with Gasteiger partial charge in [-0.05, 0) is 251 Å². The predicted molar refractivity (Wildman–Crippen MR) is 431 cm³/mol. The highest BCUT2D eigenvalue weighted by Gasteiger charge is 2.21. The molecule has 0 fully saturated rings. The molecule has 0 aromatic heterocycles. The van der Waals surface area contributed by atoms with Gasteiger partial charge in [0.05, 0.1) is 0 Å². The first-order chi connectivity index (χ1) is 49.5. The molecule has 0 saturated heterocycles. The molecular weight excluding hydrogens is 1200 g/mol. The van der Waals surface area contributed by atoms with Gasteiger partial charge in [-0.3, -0.25) is 0 Å². The normalized spacial score (nSPS) is 11.6. The summed E-state index contributed by atoms with van der Waals surface area (Å²) in [6.07, 6.45) is 0. The van der Waals surface area contributed by atoms with Crippen molar-refractivity contribution in [1.29, 1.82) is 0 Å². The molecule has 100 heavy (non-hydrogen) atoms. The van der Waals surface area contributed by atoms with E-state index in [4.69, 9.17) is 0 Å². The van der Waals surface area contributed by atoms with Gasteiger partial charge in [-0.25, -0.2) is 0 Å². The van der Waals surface area contributed by atoms with Crippen LogP contribution in [0.2, 0.25) is 0 Å². The highest BCUT2D eigenvalue weighted by Crippen LogP contribution is 2.49. The molecule has 20 rings (SSSR count).